The van der Waals surface area contributed by atoms with Crippen molar-refractivity contribution in [1.82, 2.24) is 9.97 Å². The molecule has 4 aromatic rings. The van der Waals surface area contributed by atoms with Gasteiger partial charge in [-0.15, -0.1) is 11.3 Å². The van der Waals surface area contributed by atoms with E-state index in [1.165, 1.54) is 5.56 Å². The summed E-state index contributed by atoms with van der Waals surface area (Å²) in [5, 5.41) is 7.30. The minimum atomic E-state index is 0.223. The molecule has 124 valence electrons. The van der Waals surface area contributed by atoms with Crippen LogP contribution in [0.3, 0.4) is 0 Å². The first kappa shape index (κ1) is 16.3. The maximum atomic E-state index is 6.11. The Morgan fingerprint density at radius 2 is 1.64 bits per heavy atom. The van der Waals surface area contributed by atoms with Crippen LogP contribution < -0.4 is 5.32 Å². The summed E-state index contributed by atoms with van der Waals surface area (Å²) in [6, 6.07) is 15.9. The van der Waals surface area contributed by atoms with Crippen molar-refractivity contribution in [2.45, 2.75) is 6.92 Å². The van der Waals surface area contributed by atoms with Gasteiger partial charge in [0.1, 0.15) is 10.6 Å². The lowest BCUT2D eigenvalue weighted by atomic mass is 10.0. The minimum Gasteiger partial charge on any atom is -0.340 e. The zero-order chi connectivity index (χ0) is 17.4. The summed E-state index contributed by atoms with van der Waals surface area (Å²) >= 11 is 13.6. The van der Waals surface area contributed by atoms with E-state index >= 15 is 0 Å². The molecule has 0 fully saturated rings. The van der Waals surface area contributed by atoms with Crippen LogP contribution in [-0.4, -0.2) is 9.97 Å². The second kappa shape index (κ2) is 6.64. The third-order valence-corrected chi connectivity index (χ3v) is 5.17. The van der Waals surface area contributed by atoms with E-state index in [1.54, 1.807) is 11.3 Å². The fourth-order valence-electron chi connectivity index (χ4n) is 2.62. The zero-order valence-electron chi connectivity index (χ0n) is 13.3. The molecule has 0 saturated carbocycles. The van der Waals surface area contributed by atoms with Gasteiger partial charge in [0.25, 0.3) is 0 Å². The molecule has 1 N–H and O–H groups in total. The first-order valence-corrected chi connectivity index (χ1v) is 9.28. The summed E-state index contributed by atoms with van der Waals surface area (Å²) in [6.45, 7) is 2.08. The van der Waals surface area contributed by atoms with E-state index in [-0.39, 0.29) is 5.28 Å². The first-order valence-electron chi connectivity index (χ1n) is 7.64. The van der Waals surface area contributed by atoms with E-state index in [4.69, 9.17) is 23.2 Å². The molecule has 4 rings (SSSR count). The predicted octanol–water partition coefficient (Wildman–Crippen LogP) is 6.72. The maximum Gasteiger partial charge on any atom is 0.225 e. The van der Waals surface area contributed by atoms with Gasteiger partial charge in [-0.2, -0.15) is 4.98 Å². The van der Waals surface area contributed by atoms with Gasteiger partial charge in [0.05, 0.1) is 5.39 Å². The van der Waals surface area contributed by atoms with E-state index in [0.29, 0.717) is 10.8 Å². The molecule has 0 aliphatic rings. The summed E-state index contributed by atoms with van der Waals surface area (Å²) in [6.07, 6.45) is 0. The molecule has 25 heavy (non-hydrogen) atoms. The van der Waals surface area contributed by atoms with Crippen molar-refractivity contribution in [1.29, 1.82) is 0 Å². The van der Waals surface area contributed by atoms with Crippen molar-refractivity contribution in [2.24, 2.45) is 0 Å². The molecule has 0 saturated heterocycles. The van der Waals surface area contributed by atoms with E-state index < -0.39 is 0 Å². The van der Waals surface area contributed by atoms with Crippen LogP contribution in [0.4, 0.5) is 11.5 Å². The molecule has 0 aliphatic heterocycles. The third-order valence-electron chi connectivity index (χ3n) is 3.88. The molecule has 0 spiro atoms. The summed E-state index contributed by atoms with van der Waals surface area (Å²) in [7, 11) is 0. The molecule has 2 aromatic carbocycles. The van der Waals surface area contributed by atoms with Crippen LogP contribution in [0.1, 0.15) is 5.56 Å². The second-order valence-electron chi connectivity index (χ2n) is 5.67. The highest BCUT2D eigenvalue weighted by molar-refractivity contribution is 7.17. The van der Waals surface area contributed by atoms with Crippen LogP contribution in [0.25, 0.3) is 21.3 Å². The van der Waals surface area contributed by atoms with E-state index in [9.17, 15) is 0 Å². The van der Waals surface area contributed by atoms with Crippen molar-refractivity contribution in [3.8, 4) is 11.1 Å². The van der Waals surface area contributed by atoms with E-state index in [0.717, 1.165) is 27.0 Å². The Hall–Kier alpha value is -2.14. The molecule has 3 nitrogen and oxygen atoms in total. The molecule has 2 aromatic heterocycles. The van der Waals surface area contributed by atoms with Gasteiger partial charge in [0.15, 0.2) is 0 Å². The average molecular weight is 386 g/mol. The lowest BCUT2D eigenvalue weighted by molar-refractivity contribution is 1.23. The second-order valence-corrected chi connectivity index (χ2v) is 7.30. The Balaban J connectivity index is 1.86. The minimum absolute atomic E-state index is 0.223. The number of nitrogens with zero attached hydrogens (tertiary/aromatic N) is 2. The van der Waals surface area contributed by atoms with Crippen LogP contribution in [0.15, 0.2) is 53.9 Å². The number of hydrogen-bond donors (Lipinski definition) is 1. The van der Waals surface area contributed by atoms with Crippen LogP contribution >= 0.6 is 34.5 Å². The highest BCUT2D eigenvalue weighted by Crippen LogP contribution is 2.38. The zero-order valence-corrected chi connectivity index (χ0v) is 15.6. The van der Waals surface area contributed by atoms with Gasteiger partial charge < -0.3 is 5.32 Å². The Labute approximate surface area is 159 Å². The van der Waals surface area contributed by atoms with Crippen LogP contribution in [0.2, 0.25) is 10.3 Å². The largest absolute Gasteiger partial charge is 0.340 e. The number of thiophene rings is 1. The number of anilines is 2. The van der Waals surface area contributed by atoms with Crippen molar-refractivity contribution < 1.29 is 0 Å². The summed E-state index contributed by atoms with van der Waals surface area (Å²) < 4.78 is 0. The van der Waals surface area contributed by atoms with Gasteiger partial charge in [0.2, 0.25) is 5.28 Å². The lowest BCUT2D eigenvalue weighted by Gasteiger charge is -2.09. The summed E-state index contributed by atoms with van der Waals surface area (Å²) in [5.41, 5.74) is 4.33. The average Bonchev–Trinajstić information content (AvgIpc) is 3.01. The number of rotatable bonds is 3. The van der Waals surface area contributed by atoms with Crippen molar-refractivity contribution in [3.05, 3.63) is 69.8 Å². The third kappa shape index (κ3) is 3.33. The molecule has 0 atom stereocenters. The predicted molar refractivity (Wildman–Crippen MR) is 107 cm³/mol. The summed E-state index contributed by atoms with van der Waals surface area (Å²) in [5.74, 6) is 0.689. The molecule has 2 heterocycles. The molecule has 0 unspecified atom stereocenters. The van der Waals surface area contributed by atoms with Crippen LogP contribution in [0.5, 0.6) is 0 Å². The summed E-state index contributed by atoms with van der Waals surface area (Å²) in [4.78, 5) is 9.63. The maximum absolute atomic E-state index is 6.11. The molecule has 0 bridgehead atoms. The lowest BCUT2D eigenvalue weighted by Crippen LogP contribution is -1.96. The Morgan fingerprint density at radius 3 is 2.36 bits per heavy atom. The number of aryl methyl sites for hydroxylation is 1. The normalized spacial score (nSPS) is 11.0. The SMILES string of the molecule is Cc1ccc(-c2csc3nc(Cl)nc(Nc4ccc(Cl)cc4)c23)cc1. The number of fused-ring (bicyclic) bond motifs is 1. The number of nitrogens with one attached hydrogen (secondary N) is 1. The van der Waals surface area contributed by atoms with Crippen molar-refractivity contribution in [3.63, 3.8) is 0 Å². The highest BCUT2D eigenvalue weighted by atomic mass is 35.5. The molecule has 0 amide bonds. The molecule has 0 radical (unpaired) electrons. The Kier molecular flexibility index (Phi) is 4.34. The number of benzene rings is 2. The van der Waals surface area contributed by atoms with Crippen LogP contribution in [-0.2, 0) is 0 Å². The fraction of sp³-hybridized carbons (Fsp3) is 0.0526. The standard InChI is InChI=1S/C19H13Cl2N3S/c1-11-2-4-12(5-3-11)15-10-25-18-16(15)17(23-19(21)24-18)22-14-8-6-13(20)7-9-14/h2-10H,1H3,(H,22,23,24). The van der Waals surface area contributed by atoms with Crippen molar-refractivity contribution in [2.75, 3.05) is 5.32 Å². The topological polar surface area (TPSA) is 37.8 Å². The first-order chi connectivity index (χ1) is 12.1. The van der Waals surface area contributed by atoms with Gasteiger partial charge in [-0.3, -0.25) is 0 Å². The van der Waals surface area contributed by atoms with Gasteiger partial charge in [0, 0.05) is 21.7 Å². The van der Waals surface area contributed by atoms with Gasteiger partial charge in [-0.05, 0) is 48.4 Å². The Morgan fingerprint density at radius 1 is 0.920 bits per heavy atom. The highest BCUT2D eigenvalue weighted by Gasteiger charge is 2.15. The van der Waals surface area contributed by atoms with Crippen LogP contribution in [0, 0.1) is 6.92 Å². The quantitative estimate of drug-likeness (QED) is 0.397. The molecule has 0 aliphatic carbocycles. The fourth-order valence-corrected chi connectivity index (χ4v) is 3.91. The number of aromatic nitrogens is 2. The number of hydrogen-bond acceptors (Lipinski definition) is 4. The van der Waals surface area contributed by atoms with Gasteiger partial charge >= 0.3 is 0 Å². The molecule has 6 heteroatoms. The molecular weight excluding hydrogens is 373 g/mol. The monoisotopic (exact) mass is 385 g/mol. The van der Waals surface area contributed by atoms with E-state index in [1.807, 2.05) is 24.3 Å². The Bertz CT molecular complexity index is 1040. The van der Waals surface area contributed by atoms with Gasteiger partial charge in [-0.25, -0.2) is 4.98 Å². The van der Waals surface area contributed by atoms with Crippen molar-refractivity contribution >= 4 is 56.3 Å². The smallest absolute Gasteiger partial charge is 0.225 e. The molecular formula is C19H13Cl2N3S. The van der Waals surface area contributed by atoms with Gasteiger partial charge in [-0.1, -0.05) is 41.4 Å². The number of halogens is 2. The van der Waals surface area contributed by atoms with E-state index in [2.05, 4.69) is 51.9 Å².